The molecule has 31 heavy (non-hydrogen) atoms. The number of terminal acetylenes is 1. The predicted molar refractivity (Wildman–Crippen MR) is 104 cm³/mol. The maximum atomic E-state index is 13.3. The lowest BCUT2D eigenvalue weighted by atomic mass is 9.96. The Bertz CT molecular complexity index is 998. The number of nitrogens with zero attached hydrogens (tertiary/aromatic N) is 2. The number of hydrogen-bond acceptors (Lipinski definition) is 7. The quantitative estimate of drug-likeness (QED) is 0.550. The highest BCUT2D eigenvalue weighted by atomic mass is 19.4. The Morgan fingerprint density at radius 2 is 2.06 bits per heavy atom. The number of benzene rings is 1. The number of carbonyl (C=O) groups excluding carboxylic acids is 1. The molecule has 1 fully saturated rings. The molecule has 10 heteroatoms. The molecule has 1 N–H and O–H groups in total. The zero-order valence-electron chi connectivity index (χ0n) is 16.8. The third-order valence-electron chi connectivity index (χ3n) is 4.80. The van der Waals surface area contributed by atoms with E-state index in [2.05, 4.69) is 21.2 Å². The number of methoxy groups -OCH3 is 1. The highest BCUT2D eigenvalue weighted by Gasteiger charge is 2.34. The number of alkyl halides is 3. The molecule has 0 bridgehead atoms. The minimum absolute atomic E-state index is 0.00390. The van der Waals surface area contributed by atoms with Gasteiger partial charge in [0.15, 0.2) is 6.29 Å². The minimum Gasteiger partial charge on any atom is -0.469 e. The van der Waals surface area contributed by atoms with Gasteiger partial charge in [0.25, 0.3) is 0 Å². The lowest BCUT2D eigenvalue weighted by Crippen LogP contribution is -2.19. The van der Waals surface area contributed by atoms with E-state index in [1.807, 2.05) is 0 Å². The van der Waals surface area contributed by atoms with E-state index in [-0.39, 0.29) is 23.4 Å². The van der Waals surface area contributed by atoms with Crippen LogP contribution in [0.25, 0.3) is 0 Å². The summed E-state index contributed by atoms with van der Waals surface area (Å²) >= 11 is 0. The number of anilines is 1. The SMILES string of the molecule is C#C[C@@H](Nc1ncnc(CC(=O)OC)c1C1OCCO1)c1cccc(C(F)(F)F)c1C. The number of carbonyl (C=O) groups is 1. The standard InChI is InChI=1S/C21H20F3N3O4/c1-4-15(13-6-5-7-14(12(13)2)21(22,23)24)27-19-18(20-30-8-9-31-20)16(25-11-26-19)10-17(28)29-3/h1,5-7,11,15,20H,8-10H2,2-3H3,(H,25,26,27)/t15-/m1/s1. The molecular formula is C21H20F3N3O4. The first kappa shape index (κ1) is 22.5. The molecule has 0 amide bonds. The summed E-state index contributed by atoms with van der Waals surface area (Å²) in [6.07, 6.45) is 1.32. The van der Waals surface area contributed by atoms with Crippen molar-refractivity contribution in [1.82, 2.24) is 9.97 Å². The van der Waals surface area contributed by atoms with Crippen molar-refractivity contribution in [2.24, 2.45) is 0 Å². The van der Waals surface area contributed by atoms with Gasteiger partial charge < -0.3 is 19.5 Å². The maximum absolute atomic E-state index is 13.3. The van der Waals surface area contributed by atoms with Crippen LogP contribution < -0.4 is 5.32 Å². The summed E-state index contributed by atoms with van der Waals surface area (Å²) in [5.41, 5.74) is 0.140. The summed E-state index contributed by atoms with van der Waals surface area (Å²) in [6, 6.07) is 2.87. The average Bonchev–Trinajstić information content (AvgIpc) is 3.26. The van der Waals surface area contributed by atoms with Crippen molar-refractivity contribution in [2.45, 2.75) is 31.9 Å². The zero-order chi connectivity index (χ0) is 22.6. The van der Waals surface area contributed by atoms with Crippen LogP contribution in [0.2, 0.25) is 0 Å². The molecule has 0 radical (unpaired) electrons. The van der Waals surface area contributed by atoms with Crippen molar-refractivity contribution >= 4 is 11.8 Å². The summed E-state index contributed by atoms with van der Waals surface area (Å²) in [7, 11) is 1.25. The van der Waals surface area contributed by atoms with E-state index in [1.165, 1.54) is 32.5 Å². The third-order valence-corrected chi connectivity index (χ3v) is 4.80. The molecular weight excluding hydrogens is 415 g/mol. The van der Waals surface area contributed by atoms with Crippen LogP contribution in [0, 0.1) is 19.3 Å². The second-order valence-corrected chi connectivity index (χ2v) is 6.67. The lowest BCUT2D eigenvalue weighted by Gasteiger charge is -2.23. The molecule has 0 saturated carbocycles. The van der Waals surface area contributed by atoms with E-state index in [4.69, 9.17) is 20.6 Å². The maximum Gasteiger partial charge on any atom is 0.416 e. The molecule has 1 aromatic carbocycles. The number of aromatic nitrogens is 2. The number of esters is 1. The zero-order valence-corrected chi connectivity index (χ0v) is 16.8. The topological polar surface area (TPSA) is 82.6 Å². The van der Waals surface area contributed by atoms with Crippen LogP contribution in [0.5, 0.6) is 0 Å². The summed E-state index contributed by atoms with van der Waals surface area (Å²) in [5.74, 6) is 2.12. The fraction of sp³-hybridized carbons (Fsp3) is 0.381. The van der Waals surface area contributed by atoms with Gasteiger partial charge >= 0.3 is 12.1 Å². The largest absolute Gasteiger partial charge is 0.469 e. The number of ether oxygens (including phenoxy) is 3. The van der Waals surface area contributed by atoms with Crippen LogP contribution in [0.15, 0.2) is 24.5 Å². The highest BCUT2D eigenvalue weighted by Crippen LogP contribution is 2.36. The van der Waals surface area contributed by atoms with Crippen LogP contribution in [0.4, 0.5) is 19.0 Å². The minimum atomic E-state index is -4.52. The molecule has 1 aliphatic rings. The molecule has 0 spiro atoms. The van der Waals surface area contributed by atoms with Crippen molar-refractivity contribution in [3.8, 4) is 12.3 Å². The molecule has 2 heterocycles. The van der Waals surface area contributed by atoms with Gasteiger partial charge in [0.2, 0.25) is 0 Å². The van der Waals surface area contributed by atoms with Gasteiger partial charge in [-0.2, -0.15) is 13.2 Å². The molecule has 2 aromatic rings. The normalized spacial score (nSPS) is 15.4. The monoisotopic (exact) mass is 435 g/mol. The van der Waals surface area contributed by atoms with E-state index in [0.717, 1.165) is 6.07 Å². The Balaban J connectivity index is 2.02. The van der Waals surface area contributed by atoms with Gasteiger partial charge in [0.05, 0.1) is 43.6 Å². The molecule has 7 nitrogen and oxygen atoms in total. The number of rotatable bonds is 6. The predicted octanol–water partition coefficient (Wildman–Crippen LogP) is 3.35. The Hall–Kier alpha value is -3.16. The molecule has 1 atom stereocenters. The van der Waals surface area contributed by atoms with Crippen molar-refractivity contribution in [3.63, 3.8) is 0 Å². The molecule has 1 aromatic heterocycles. The van der Waals surface area contributed by atoms with Crippen LogP contribution in [0.1, 0.15) is 40.3 Å². The highest BCUT2D eigenvalue weighted by molar-refractivity contribution is 5.73. The molecule has 3 rings (SSSR count). The van der Waals surface area contributed by atoms with E-state index in [0.29, 0.717) is 24.5 Å². The summed E-state index contributed by atoms with van der Waals surface area (Å²) in [5, 5.41) is 2.97. The Morgan fingerprint density at radius 1 is 1.35 bits per heavy atom. The Kier molecular flexibility index (Phi) is 6.77. The number of hydrogen-bond donors (Lipinski definition) is 1. The van der Waals surface area contributed by atoms with Crippen molar-refractivity contribution in [3.05, 3.63) is 52.5 Å². The van der Waals surface area contributed by atoms with Gasteiger partial charge in [0.1, 0.15) is 18.2 Å². The summed E-state index contributed by atoms with van der Waals surface area (Å²) < 4.78 is 55.8. The van der Waals surface area contributed by atoms with Crippen LogP contribution in [-0.2, 0) is 31.6 Å². The van der Waals surface area contributed by atoms with E-state index in [9.17, 15) is 18.0 Å². The second kappa shape index (κ2) is 9.32. The van der Waals surface area contributed by atoms with E-state index < -0.39 is 30.0 Å². The van der Waals surface area contributed by atoms with Gasteiger partial charge in [-0.05, 0) is 24.1 Å². The molecule has 1 aliphatic heterocycles. The number of nitrogens with one attached hydrogen (secondary N) is 1. The Morgan fingerprint density at radius 3 is 2.68 bits per heavy atom. The molecule has 0 aliphatic carbocycles. The van der Waals surface area contributed by atoms with Gasteiger partial charge in [-0.3, -0.25) is 4.79 Å². The second-order valence-electron chi connectivity index (χ2n) is 6.67. The first-order valence-electron chi connectivity index (χ1n) is 9.29. The van der Waals surface area contributed by atoms with Crippen LogP contribution in [-0.4, -0.2) is 36.3 Å². The Labute approximate surface area is 176 Å². The van der Waals surface area contributed by atoms with Crippen LogP contribution in [0.3, 0.4) is 0 Å². The van der Waals surface area contributed by atoms with Gasteiger partial charge in [-0.15, -0.1) is 6.42 Å². The van der Waals surface area contributed by atoms with Crippen LogP contribution >= 0.6 is 0 Å². The third kappa shape index (κ3) is 4.95. The van der Waals surface area contributed by atoms with Gasteiger partial charge in [-0.25, -0.2) is 9.97 Å². The van der Waals surface area contributed by atoms with Crippen molar-refractivity contribution < 1.29 is 32.2 Å². The number of halogens is 3. The molecule has 0 unspecified atom stereocenters. The van der Waals surface area contributed by atoms with Gasteiger partial charge in [-0.1, -0.05) is 18.1 Å². The fourth-order valence-corrected chi connectivity index (χ4v) is 3.29. The first-order chi connectivity index (χ1) is 14.8. The van der Waals surface area contributed by atoms with E-state index >= 15 is 0 Å². The average molecular weight is 435 g/mol. The summed E-state index contributed by atoms with van der Waals surface area (Å²) in [6.45, 7) is 2.00. The van der Waals surface area contributed by atoms with Crippen molar-refractivity contribution in [1.29, 1.82) is 0 Å². The van der Waals surface area contributed by atoms with E-state index in [1.54, 1.807) is 0 Å². The first-order valence-corrected chi connectivity index (χ1v) is 9.29. The smallest absolute Gasteiger partial charge is 0.416 e. The molecule has 1 saturated heterocycles. The lowest BCUT2D eigenvalue weighted by molar-refractivity contribution is -0.140. The molecule has 164 valence electrons. The van der Waals surface area contributed by atoms with Crippen molar-refractivity contribution in [2.75, 3.05) is 25.6 Å². The fourth-order valence-electron chi connectivity index (χ4n) is 3.29. The summed E-state index contributed by atoms with van der Waals surface area (Å²) in [4.78, 5) is 20.1. The van der Waals surface area contributed by atoms with Gasteiger partial charge in [0, 0.05) is 0 Å².